The van der Waals surface area contributed by atoms with Gasteiger partial charge in [-0.1, -0.05) is 12.1 Å². The van der Waals surface area contributed by atoms with Gasteiger partial charge in [-0.3, -0.25) is 9.78 Å². The van der Waals surface area contributed by atoms with Crippen molar-refractivity contribution in [3.8, 4) is 5.75 Å². The molecular weight excluding hydrogens is 332 g/mol. The second-order valence-electron chi connectivity index (χ2n) is 5.36. The molecular formula is C20H18N2O2S. The van der Waals surface area contributed by atoms with Crippen LogP contribution in [0.5, 0.6) is 5.75 Å². The number of carbonyl (C=O) groups excluding carboxylic acids is 1. The summed E-state index contributed by atoms with van der Waals surface area (Å²) in [5.74, 6) is 1.42. The molecule has 0 aliphatic heterocycles. The lowest BCUT2D eigenvalue weighted by molar-refractivity contribution is 0.102. The minimum atomic E-state index is -0.142. The van der Waals surface area contributed by atoms with Crippen LogP contribution in [0.2, 0.25) is 0 Å². The van der Waals surface area contributed by atoms with Gasteiger partial charge in [0.05, 0.1) is 7.11 Å². The summed E-state index contributed by atoms with van der Waals surface area (Å²) in [7, 11) is 1.60. The maximum absolute atomic E-state index is 12.3. The Hall–Kier alpha value is -2.79. The zero-order chi connectivity index (χ0) is 17.5. The Bertz CT molecular complexity index is 836. The van der Waals surface area contributed by atoms with Crippen molar-refractivity contribution in [3.05, 3.63) is 84.2 Å². The first-order valence-electron chi connectivity index (χ1n) is 7.82. The Kier molecular flexibility index (Phi) is 5.69. The van der Waals surface area contributed by atoms with Crippen molar-refractivity contribution in [3.63, 3.8) is 0 Å². The molecule has 0 radical (unpaired) electrons. The molecule has 0 atom stereocenters. The highest BCUT2D eigenvalue weighted by Gasteiger charge is 2.07. The van der Waals surface area contributed by atoms with Crippen molar-refractivity contribution in [1.82, 2.24) is 4.98 Å². The highest BCUT2D eigenvalue weighted by molar-refractivity contribution is 7.98. The molecule has 1 aromatic heterocycles. The Morgan fingerprint density at radius 2 is 1.96 bits per heavy atom. The number of aromatic nitrogens is 1. The second kappa shape index (κ2) is 8.35. The number of thioether (sulfide) groups is 1. The normalized spacial score (nSPS) is 10.3. The Morgan fingerprint density at radius 1 is 1.12 bits per heavy atom. The van der Waals surface area contributed by atoms with Crippen molar-refractivity contribution < 1.29 is 9.53 Å². The van der Waals surface area contributed by atoms with Gasteiger partial charge in [0.25, 0.3) is 5.91 Å². The molecule has 2 aromatic carbocycles. The molecule has 0 saturated heterocycles. The maximum Gasteiger partial charge on any atom is 0.255 e. The number of anilines is 1. The van der Waals surface area contributed by atoms with Crippen LogP contribution in [0.4, 0.5) is 5.69 Å². The molecule has 1 N–H and O–H groups in total. The molecule has 5 heteroatoms. The zero-order valence-corrected chi connectivity index (χ0v) is 14.6. The van der Waals surface area contributed by atoms with Crippen molar-refractivity contribution in [1.29, 1.82) is 0 Å². The van der Waals surface area contributed by atoms with Crippen molar-refractivity contribution >= 4 is 23.4 Å². The van der Waals surface area contributed by atoms with Gasteiger partial charge in [-0.2, -0.15) is 0 Å². The third-order valence-corrected chi connectivity index (χ3v) is 4.66. The van der Waals surface area contributed by atoms with E-state index >= 15 is 0 Å². The van der Waals surface area contributed by atoms with Gasteiger partial charge in [0.15, 0.2) is 0 Å². The van der Waals surface area contributed by atoms with E-state index in [4.69, 9.17) is 4.74 Å². The van der Waals surface area contributed by atoms with E-state index in [1.54, 1.807) is 31.1 Å². The monoisotopic (exact) mass is 350 g/mol. The predicted molar refractivity (Wildman–Crippen MR) is 101 cm³/mol. The summed E-state index contributed by atoms with van der Waals surface area (Å²) in [4.78, 5) is 17.6. The average molecular weight is 350 g/mol. The van der Waals surface area contributed by atoms with E-state index in [0.717, 1.165) is 10.6 Å². The van der Waals surface area contributed by atoms with Crippen LogP contribution >= 0.6 is 11.8 Å². The van der Waals surface area contributed by atoms with Crippen LogP contribution in [0.15, 0.2) is 78.0 Å². The molecule has 25 heavy (non-hydrogen) atoms. The average Bonchev–Trinajstić information content (AvgIpc) is 2.67. The number of methoxy groups -OCH3 is 1. The van der Waals surface area contributed by atoms with Crippen LogP contribution in [-0.4, -0.2) is 18.0 Å². The first-order chi connectivity index (χ1) is 12.2. The van der Waals surface area contributed by atoms with Gasteiger partial charge in [0.2, 0.25) is 0 Å². The first kappa shape index (κ1) is 17.0. The van der Waals surface area contributed by atoms with E-state index in [-0.39, 0.29) is 5.91 Å². The lowest BCUT2D eigenvalue weighted by Crippen LogP contribution is -2.11. The standard InChI is InChI=1S/C20H18N2O2S/c1-24-18-6-2-5-17(12-18)22-20(23)16-7-9-19(10-8-16)25-14-15-4-3-11-21-13-15/h2-13H,14H2,1H3,(H,22,23). The van der Waals surface area contributed by atoms with Crippen molar-refractivity contribution in [2.24, 2.45) is 0 Å². The molecule has 0 fully saturated rings. The van der Waals surface area contributed by atoms with Gasteiger partial charge in [-0.15, -0.1) is 11.8 Å². The van der Waals surface area contributed by atoms with E-state index < -0.39 is 0 Å². The number of rotatable bonds is 6. The van der Waals surface area contributed by atoms with Crippen LogP contribution < -0.4 is 10.1 Å². The van der Waals surface area contributed by atoms with Crippen molar-refractivity contribution in [2.45, 2.75) is 10.6 Å². The number of ether oxygens (including phenoxy) is 1. The van der Waals surface area contributed by atoms with Gasteiger partial charge in [0.1, 0.15) is 5.75 Å². The van der Waals surface area contributed by atoms with Crippen LogP contribution in [0.25, 0.3) is 0 Å². The molecule has 4 nitrogen and oxygen atoms in total. The topological polar surface area (TPSA) is 51.2 Å². The second-order valence-corrected chi connectivity index (χ2v) is 6.41. The molecule has 0 aliphatic rings. The fourth-order valence-corrected chi connectivity index (χ4v) is 3.09. The Balaban J connectivity index is 1.60. The fourth-order valence-electron chi connectivity index (χ4n) is 2.26. The van der Waals surface area contributed by atoms with E-state index in [1.165, 1.54) is 5.56 Å². The Morgan fingerprint density at radius 3 is 2.68 bits per heavy atom. The van der Waals surface area contributed by atoms with Gasteiger partial charge >= 0.3 is 0 Å². The SMILES string of the molecule is COc1cccc(NC(=O)c2ccc(SCc3cccnc3)cc2)c1. The van der Waals surface area contributed by atoms with Crippen LogP contribution in [0, 0.1) is 0 Å². The molecule has 0 aliphatic carbocycles. The number of pyridine rings is 1. The summed E-state index contributed by atoms with van der Waals surface area (Å²) in [6.07, 6.45) is 3.63. The number of hydrogen-bond donors (Lipinski definition) is 1. The molecule has 0 spiro atoms. The first-order valence-corrected chi connectivity index (χ1v) is 8.80. The third kappa shape index (κ3) is 4.84. The summed E-state index contributed by atoms with van der Waals surface area (Å²) in [6.45, 7) is 0. The van der Waals surface area contributed by atoms with E-state index in [0.29, 0.717) is 17.0 Å². The third-order valence-electron chi connectivity index (χ3n) is 3.57. The number of hydrogen-bond acceptors (Lipinski definition) is 4. The zero-order valence-electron chi connectivity index (χ0n) is 13.8. The number of nitrogens with one attached hydrogen (secondary N) is 1. The summed E-state index contributed by atoms with van der Waals surface area (Å²) >= 11 is 1.71. The number of carbonyl (C=O) groups is 1. The lowest BCUT2D eigenvalue weighted by Gasteiger charge is -2.08. The minimum Gasteiger partial charge on any atom is -0.497 e. The summed E-state index contributed by atoms with van der Waals surface area (Å²) < 4.78 is 5.16. The van der Waals surface area contributed by atoms with Gasteiger partial charge in [-0.05, 0) is 48.0 Å². The number of nitrogens with zero attached hydrogens (tertiary/aromatic N) is 1. The van der Waals surface area contributed by atoms with Crippen molar-refractivity contribution in [2.75, 3.05) is 12.4 Å². The minimum absolute atomic E-state index is 0.142. The summed E-state index contributed by atoms with van der Waals surface area (Å²) in [5.41, 5.74) is 2.50. The Labute approximate surface area is 151 Å². The molecule has 3 aromatic rings. The molecule has 3 rings (SSSR count). The largest absolute Gasteiger partial charge is 0.497 e. The van der Waals surface area contributed by atoms with Gasteiger partial charge in [-0.25, -0.2) is 0 Å². The number of amides is 1. The van der Waals surface area contributed by atoms with Crippen LogP contribution in [-0.2, 0) is 5.75 Å². The number of benzene rings is 2. The lowest BCUT2D eigenvalue weighted by atomic mass is 10.2. The predicted octanol–water partition coefficient (Wildman–Crippen LogP) is 4.63. The highest BCUT2D eigenvalue weighted by atomic mass is 32.2. The maximum atomic E-state index is 12.3. The van der Waals surface area contributed by atoms with E-state index in [1.807, 2.05) is 54.7 Å². The van der Waals surface area contributed by atoms with Gasteiger partial charge in [0, 0.05) is 40.4 Å². The molecule has 1 amide bonds. The molecule has 1 heterocycles. The summed E-state index contributed by atoms with van der Waals surface area (Å²) in [6, 6.07) is 18.9. The molecule has 0 bridgehead atoms. The van der Waals surface area contributed by atoms with E-state index in [2.05, 4.69) is 16.4 Å². The summed E-state index contributed by atoms with van der Waals surface area (Å²) in [5, 5.41) is 2.88. The quantitative estimate of drug-likeness (QED) is 0.658. The highest BCUT2D eigenvalue weighted by Crippen LogP contribution is 2.23. The van der Waals surface area contributed by atoms with Crippen LogP contribution in [0.3, 0.4) is 0 Å². The smallest absolute Gasteiger partial charge is 0.255 e. The molecule has 0 unspecified atom stereocenters. The van der Waals surface area contributed by atoms with Gasteiger partial charge < -0.3 is 10.1 Å². The fraction of sp³-hybridized carbons (Fsp3) is 0.100. The molecule has 126 valence electrons. The van der Waals surface area contributed by atoms with Crippen LogP contribution in [0.1, 0.15) is 15.9 Å². The van der Waals surface area contributed by atoms with E-state index in [9.17, 15) is 4.79 Å². The molecule has 0 saturated carbocycles.